The summed E-state index contributed by atoms with van der Waals surface area (Å²) in [6, 6.07) is 7.16. The Labute approximate surface area is 273 Å². The fourth-order valence-electron chi connectivity index (χ4n) is 3.41. The van der Waals surface area contributed by atoms with E-state index in [9.17, 15) is 9.59 Å². The minimum Gasteiger partial charge on any atom is -0.491 e. The summed E-state index contributed by atoms with van der Waals surface area (Å²) in [6.07, 6.45) is 1.22. The molecule has 0 aromatic heterocycles. The van der Waals surface area contributed by atoms with E-state index in [1.54, 1.807) is 24.3 Å². The molecule has 0 atom stereocenters. The Hall–Kier alpha value is -2.40. The molecule has 0 fully saturated rings. The van der Waals surface area contributed by atoms with Gasteiger partial charge in [0.1, 0.15) is 19.0 Å². The van der Waals surface area contributed by atoms with E-state index in [1.807, 2.05) is 6.92 Å². The highest BCUT2D eigenvalue weighted by Gasteiger charge is 2.01. The minimum absolute atomic E-state index is 0.110. The molecule has 0 aliphatic heterocycles. The summed E-state index contributed by atoms with van der Waals surface area (Å²) in [5, 5.41) is 2.71. The molecule has 0 saturated carbocycles. The Balaban J connectivity index is 1.67. The number of ether oxygens (including phenoxy) is 11. The molecule has 1 rings (SSSR count). The first-order valence-corrected chi connectivity index (χ1v) is 16.0. The lowest BCUT2D eigenvalue weighted by atomic mass is 10.3. The van der Waals surface area contributed by atoms with Crippen molar-refractivity contribution >= 4 is 17.6 Å². The van der Waals surface area contributed by atoms with Gasteiger partial charge in [0.2, 0.25) is 5.91 Å². The SMILES string of the molecule is CCCC(=O)OCCOCCOCCOCCOCCOCCOCCOCCOCCOCCOc1ccc(NC(C)=O)cc1. The van der Waals surface area contributed by atoms with Crippen LogP contribution < -0.4 is 10.1 Å². The van der Waals surface area contributed by atoms with E-state index in [-0.39, 0.29) is 18.5 Å². The van der Waals surface area contributed by atoms with Crippen LogP contribution in [-0.4, -0.2) is 144 Å². The van der Waals surface area contributed by atoms with Gasteiger partial charge in [-0.15, -0.1) is 0 Å². The quantitative estimate of drug-likeness (QED) is 0.0853. The van der Waals surface area contributed by atoms with E-state index in [0.29, 0.717) is 138 Å². The maximum absolute atomic E-state index is 11.2. The molecule has 0 bridgehead atoms. The number of benzene rings is 1. The first-order valence-electron chi connectivity index (χ1n) is 16.0. The second kappa shape index (κ2) is 32.5. The second-order valence-electron chi connectivity index (χ2n) is 9.54. The van der Waals surface area contributed by atoms with Crippen LogP contribution in [0.5, 0.6) is 5.75 Å². The van der Waals surface area contributed by atoms with Gasteiger partial charge in [-0.25, -0.2) is 0 Å². The number of carbonyl (C=O) groups is 2. The van der Waals surface area contributed by atoms with Gasteiger partial charge in [0.05, 0.1) is 119 Å². The summed E-state index contributed by atoms with van der Waals surface area (Å²) in [4.78, 5) is 22.2. The van der Waals surface area contributed by atoms with E-state index in [0.717, 1.165) is 12.1 Å². The lowest BCUT2D eigenvalue weighted by molar-refractivity contribution is -0.145. The van der Waals surface area contributed by atoms with E-state index >= 15 is 0 Å². The summed E-state index contributed by atoms with van der Waals surface area (Å²) in [7, 11) is 0. The number of rotatable bonds is 34. The van der Waals surface area contributed by atoms with Crippen LogP contribution in [0.15, 0.2) is 24.3 Å². The zero-order chi connectivity index (χ0) is 33.2. The van der Waals surface area contributed by atoms with E-state index in [4.69, 9.17) is 52.1 Å². The molecule has 0 aliphatic carbocycles. The molecule has 0 aliphatic rings. The van der Waals surface area contributed by atoms with E-state index in [1.165, 1.54) is 6.92 Å². The topological polar surface area (TPSA) is 148 Å². The maximum Gasteiger partial charge on any atom is 0.305 e. The van der Waals surface area contributed by atoms with Crippen molar-refractivity contribution in [2.75, 3.05) is 137 Å². The highest BCUT2D eigenvalue weighted by Crippen LogP contribution is 2.15. The van der Waals surface area contributed by atoms with Crippen molar-refractivity contribution in [1.82, 2.24) is 0 Å². The van der Waals surface area contributed by atoms with Crippen LogP contribution in [0.25, 0.3) is 0 Å². The molecule has 0 radical (unpaired) electrons. The number of nitrogens with one attached hydrogen (secondary N) is 1. The Bertz CT molecular complexity index is 829. The smallest absolute Gasteiger partial charge is 0.305 e. The average Bonchev–Trinajstić information content (AvgIpc) is 3.04. The van der Waals surface area contributed by atoms with Crippen LogP contribution in [0.3, 0.4) is 0 Å². The molecule has 0 unspecified atom stereocenters. The van der Waals surface area contributed by atoms with Crippen molar-refractivity contribution in [1.29, 1.82) is 0 Å². The van der Waals surface area contributed by atoms with E-state index < -0.39 is 0 Å². The average molecular weight is 662 g/mol. The van der Waals surface area contributed by atoms with Crippen LogP contribution in [0.4, 0.5) is 5.69 Å². The normalized spacial score (nSPS) is 11.1. The van der Waals surface area contributed by atoms with Gasteiger partial charge in [0.25, 0.3) is 0 Å². The van der Waals surface area contributed by atoms with Crippen LogP contribution in [0, 0.1) is 0 Å². The molecule has 14 nitrogen and oxygen atoms in total. The fraction of sp³-hybridized carbons (Fsp3) is 0.750. The maximum atomic E-state index is 11.2. The van der Waals surface area contributed by atoms with Gasteiger partial charge in [-0.3, -0.25) is 9.59 Å². The largest absolute Gasteiger partial charge is 0.491 e. The number of carbonyl (C=O) groups excluding carboxylic acids is 2. The summed E-state index contributed by atoms with van der Waals surface area (Å²) in [5.41, 5.74) is 0.729. The summed E-state index contributed by atoms with van der Waals surface area (Å²) in [6.45, 7) is 12.6. The molecule has 14 heteroatoms. The first-order chi connectivity index (χ1) is 22.6. The number of amides is 1. The summed E-state index contributed by atoms with van der Waals surface area (Å²) >= 11 is 0. The number of anilines is 1. The van der Waals surface area contributed by atoms with E-state index in [2.05, 4.69) is 5.32 Å². The molecule has 1 aromatic carbocycles. The van der Waals surface area contributed by atoms with Crippen molar-refractivity contribution in [2.45, 2.75) is 26.7 Å². The number of esters is 1. The second-order valence-corrected chi connectivity index (χ2v) is 9.54. The third-order valence-corrected chi connectivity index (χ3v) is 5.59. The van der Waals surface area contributed by atoms with Crippen molar-refractivity contribution in [3.63, 3.8) is 0 Å². The highest BCUT2D eigenvalue weighted by atomic mass is 16.6. The predicted molar refractivity (Wildman–Crippen MR) is 169 cm³/mol. The van der Waals surface area contributed by atoms with Gasteiger partial charge in [-0.05, 0) is 30.7 Å². The lowest BCUT2D eigenvalue weighted by Gasteiger charge is -2.09. The van der Waals surface area contributed by atoms with Crippen LogP contribution in [0.1, 0.15) is 26.7 Å². The summed E-state index contributed by atoms with van der Waals surface area (Å²) in [5.74, 6) is 0.412. The van der Waals surface area contributed by atoms with Crippen molar-refractivity contribution < 1.29 is 61.7 Å². The van der Waals surface area contributed by atoms with Crippen molar-refractivity contribution in [2.24, 2.45) is 0 Å². The minimum atomic E-state index is -0.191. The van der Waals surface area contributed by atoms with Gasteiger partial charge < -0.3 is 57.4 Å². The van der Waals surface area contributed by atoms with Gasteiger partial charge in [-0.2, -0.15) is 0 Å². The number of hydrogen-bond donors (Lipinski definition) is 1. The molecule has 46 heavy (non-hydrogen) atoms. The summed E-state index contributed by atoms with van der Waals surface area (Å²) < 4.78 is 59.6. The zero-order valence-electron chi connectivity index (χ0n) is 27.7. The monoisotopic (exact) mass is 661 g/mol. The van der Waals surface area contributed by atoms with Gasteiger partial charge in [0, 0.05) is 19.0 Å². The molecular weight excluding hydrogens is 606 g/mol. The fourth-order valence-corrected chi connectivity index (χ4v) is 3.41. The van der Waals surface area contributed by atoms with Crippen LogP contribution in [-0.2, 0) is 57.0 Å². The molecule has 0 heterocycles. The van der Waals surface area contributed by atoms with Crippen LogP contribution >= 0.6 is 0 Å². The predicted octanol–water partition coefficient (Wildman–Crippen LogP) is 2.52. The molecule has 266 valence electrons. The third-order valence-electron chi connectivity index (χ3n) is 5.59. The van der Waals surface area contributed by atoms with Gasteiger partial charge in [0.15, 0.2) is 0 Å². The Kier molecular flexibility index (Phi) is 29.4. The highest BCUT2D eigenvalue weighted by molar-refractivity contribution is 5.88. The Morgan fingerprint density at radius 2 is 0.826 bits per heavy atom. The molecule has 1 aromatic rings. The van der Waals surface area contributed by atoms with Gasteiger partial charge in [-0.1, -0.05) is 6.92 Å². The Morgan fingerprint density at radius 1 is 0.500 bits per heavy atom. The molecule has 0 saturated heterocycles. The standard InChI is InChI=1S/C32H55NO13/c1-3-4-32(35)46-28-26-44-24-22-42-20-18-40-16-14-38-12-10-36-9-11-37-13-15-39-17-19-41-21-23-43-25-27-45-31-7-5-30(6-8-31)33-29(2)34/h5-8H,3-4,9-28H2,1-2H3,(H,33,34). The Morgan fingerprint density at radius 3 is 1.15 bits per heavy atom. The first kappa shape index (κ1) is 41.6. The van der Waals surface area contributed by atoms with Crippen LogP contribution in [0.2, 0.25) is 0 Å². The molecule has 1 amide bonds. The molecular formula is C32H55NO13. The number of hydrogen-bond acceptors (Lipinski definition) is 13. The van der Waals surface area contributed by atoms with Crippen molar-refractivity contribution in [3.05, 3.63) is 24.3 Å². The lowest BCUT2D eigenvalue weighted by Crippen LogP contribution is -2.15. The van der Waals surface area contributed by atoms with Crippen molar-refractivity contribution in [3.8, 4) is 5.75 Å². The van der Waals surface area contributed by atoms with Gasteiger partial charge >= 0.3 is 5.97 Å². The molecule has 1 N–H and O–H groups in total. The zero-order valence-corrected chi connectivity index (χ0v) is 27.7. The third kappa shape index (κ3) is 29.0. The molecule has 0 spiro atoms.